The van der Waals surface area contributed by atoms with Crippen LogP contribution in [0.4, 0.5) is 0 Å². The van der Waals surface area contributed by atoms with Gasteiger partial charge in [-0.15, -0.1) is 0 Å². The van der Waals surface area contributed by atoms with Crippen LogP contribution in [-0.4, -0.2) is 17.1 Å². The Bertz CT molecular complexity index is 770. The normalized spacial score (nSPS) is 10.9. The first-order chi connectivity index (χ1) is 9.67. The van der Waals surface area contributed by atoms with Crippen molar-refractivity contribution in [3.8, 4) is 5.75 Å². The van der Waals surface area contributed by atoms with Crippen molar-refractivity contribution in [3.63, 3.8) is 0 Å². The number of nitrogens with one attached hydrogen (secondary N) is 1. The summed E-state index contributed by atoms with van der Waals surface area (Å²) in [4.78, 5) is 7.86. The third-order valence-electron chi connectivity index (χ3n) is 3.10. The highest BCUT2D eigenvalue weighted by Gasteiger charge is 2.09. The number of benzene rings is 2. The van der Waals surface area contributed by atoms with Gasteiger partial charge in [0.15, 0.2) is 0 Å². The van der Waals surface area contributed by atoms with Gasteiger partial charge in [-0.2, -0.15) is 0 Å². The van der Waals surface area contributed by atoms with Gasteiger partial charge in [-0.05, 0) is 45.8 Å². The van der Waals surface area contributed by atoms with Gasteiger partial charge >= 0.3 is 0 Å². The molecule has 3 nitrogen and oxygen atoms in total. The monoisotopic (exact) mass is 350 g/mol. The van der Waals surface area contributed by atoms with Crippen LogP contribution in [-0.2, 0) is 6.42 Å². The lowest BCUT2D eigenvalue weighted by molar-refractivity contribution is 0.414. The Kier molecular flexibility index (Phi) is 3.68. The summed E-state index contributed by atoms with van der Waals surface area (Å²) in [5.74, 6) is 1.73. The van der Waals surface area contributed by atoms with Gasteiger partial charge in [0.2, 0.25) is 0 Å². The Morgan fingerprint density at radius 2 is 2.15 bits per heavy atom. The van der Waals surface area contributed by atoms with Crippen molar-refractivity contribution in [3.05, 3.63) is 57.3 Å². The number of halogens is 2. The minimum Gasteiger partial charge on any atom is -0.497 e. The molecule has 0 atom stereocenters. The maximum atomic E-state index is 6.24. The number of hydrogen-bond donors (Lipinski definition) is 1. The van der Waals surface area contributed by atoms with Crippen LogP contribution in [0.5, 0.6) is 5.75 Å². The number of ether oxygens (including phenoxy) is 1. The van der Waals surface area contributed by atoms with E-state index in [4.69, 9.17) is 16.3 Å². The second kappa shape index (κ2) is 5.46. The fraction of sp³-hybridized carbons (Fsp3) is 0.133. The van der Waals surface area contributed by atoms with E-state index in [2.05, 4.69) is 25.9 Å². The average Bonchev–Trinajstić information content (AvgIpc) is 2.87. The van der Waals surface area contributed by atoms with E-state index in [-0.39, 0.29) is 0 Å². The smallest absolute Gasteiger partial charge is 0.119 e. The van der Waals surface area contributed by atoms with Crippen LogP contribution in [0.1, 0.15) is 11.4 Å². The van der Waals surface area contributed by atoms with E-state index >= 15 is 0 Å². The maximum Gasteiger partial charge on any atom is 0.119 e. The van der Waals surface area contributed by atoms with Gasteiger partial charge in [0.1, 0.15) is 17.1 Å². The minimum atomic E-state index is 0.635. The summed E-state index contributed by atoms with van der Waals surface area (Å²) >= 11 is 9.65. The molecule has 0 unspecified atom stereocenters. The summed E-state index contributed by atoms with van der Waals surface area (Å²) in [6, 6.07) is 11.8. The predicted molar refractivity (Wildman–Crippen MR) is 84.6 cm³/mol. The molecule has 0 saturated carbocycles. The van der Waals surface area contributed by atoms with Gasteiger partial charge in [-0.1, -0.05) is 23.7 Å². The molecule has 1 heterocycles. The fourth-order valence-electron chi connectivity index (χ4n) is 2.13. The summed E-state index contributed by atoms with van der Waals surface area (Å²) in [5, 5.41) is 0.635. The molecule has 2 aromatic carbocycles. The highest BCUT2D eigenvalue weighted by Crippen LogP contribution is 2.30. The molecule has 1 aromatic heterocycles. The third kappa shape index (κ3) is 2.53. The van der Waals surface area contributed by atoms with Crippen molar-refractivity contribution in [2.45, 2.75) is 6.42 Å². The molecular formula is C15H12BrClN2O. The SMILES string of the molecule is COc1cccc(Cc2nc3c(Cl)c(Br)ccc3[nH]2)c1. The number of nitrogens with zero attached hydrogens (tertiary/aromatic N) is 1. The van der Waals surface area contributed by atoms with E-state index in [0.29, 0.717) is 11.4 Å². The van der Waals surface area contributed by atoms with Crippen LogP contribution < -0.4 is 4.74 Å². The van der Waals surface area contributed by atoms with E-state index in [1.165, 1.54) is 0 Å². The summed E-state index contributed by atoms with van der Waals surface area (Å²) in [7, 11) is 1.66. The lowest BCUT2D eigenvalue weighted by atomic mass is 10.1. The second-order valence-electron chi connectivity index (χ2n) is 4.47. The van der Waals surface area contributed by atoms with Crippen molar-refractivity contribution in [1.82, 2.24) is 9.97 Å². The molecule has 102 valence electrons. The average molecular weight is 352 g/mol. The lowest BCUT2D eigenvalue weighted by Gasteiger charge is -2.02. The largest absolute Gasteiger partial charge is 0.497 e. The van der Waals surface area contributed by atoms with Crippen molar-refractivity contribution in [2.24, 2.45) is 0 Å². The molecular weight excluding hydrogens is 340 g/mol. The molecule has 0 aliphatic heterocycles. The fourth-order valence-corrected chi connectivity index (χ4v) is 2.65. The van der Waals surface area contributed by atoms with Crippen molar-refractivity contribution >= 4 is 38.6 Å². The Morgan fingerprint density at radius 3 is 2.95 bits per heavy atom. The Labute approximate surface area is 130 Å². The first-order valence-corrected chi connectivity index (χ1v) is 7.30. The standard InChI is InChI=1S/C15H12BrClN2O/c1-20-10-4-2-3-9(7-10)8-13-18-12-6-5-11(16)14(17)15(12)19-13/h2-7H,8H2,1H3,(H,18,19). The van der Waals surface area contributed by atoms with Crippen LogP contribution in [0.2, 0.25) is 5.02 Å². The number of methoxy groups -OCH3 is 1. The van der Waals surface area contributed by atoms with E-state index < -0.39 is 0 Å². The second-order valence-corrected chi connectivity index (χ2v) is 5.70. The zero-order chi connectivity index (χ0) is 14.1. The first-order valence-electron chi connectivity index (χ1n) is 6.13. The lowest BCUT2D eigenvalue weighted by Crippen LogP contribution is -1.91. The minimum absolute atomic E-state index is 0.635. The van der Waals surface area contributed by atoms with Crippen LogP contribution in [0.25, 0.3) is 11.0 Å². The number of aromatic amines is 1. The molecule has 20 heavy (non-hydrogen) atoms. The zero-order valence-electron chi connectivity index (χ0n) is 10.8. The van der Waals surface area contributed by atoms with Crippen molar-refractivity contribution < 1.29 is 4.74 Å². The number of rotatable bonds is 3. The number of aromatic nitrogens is 2. The van der Waals surface area contributed by atoms with Crippen LogP contribution in [0, 0.1) is 0 Å². The molecule has 0 aliphatic carbocycles. The topological polar surface area (TPSA) is 37.9 Å². The summed E-state index contributed by atoms with van der Waals surface area (Å²) in [6.45, 7) is 0. The molecule has 5 heteroatoms. The van der Waals surface area contributed by atoms with Crippen molar-refractivity contribution in [1.29, 1.82) is 0 Å². The molecule has 0 radical (unpaired) electrons. The highest BCUT2D eigenvalue weighted by molar-refractivity contribution is 9.10. The van der Waals surface area contributed by atoms with Gasteiger partial charge in [0.05, 0.1) is 17.6 Å². The molecule has 0 saturated heterocycles. The van der Waals surface area contributed by atoms with E-state index in [1.54, 1.807) is 7.11 Å². The number of hydrogen-bond acceptors (Lipinski definition) is 2. The number of imidazole rings is 1. The van der Waals surface area contributed by atoms with E-state index in [9.17, 15) is 0 Å². The van der Waals surface area contributed by atoms with Crippen LogP contribution >= 0.6 is 27.5 Å². The van der Waals surface area contributed by atoms with Crippen LogP contribution in [0.15, 0.2) is 40.9 Å². The Hall–Kier alpha value is -1.52. The van der Waals surface area contributed by atoms with Gasteiger partial charge in [-0.25, -0.2) is 4.98 Å². The van der Waals surface area contributed by atoms with E-state index in [0.717, 1.165) is 32.6 Å². The maximum absolute atomic E-state index is 6.24. The molecule has 0 aliphatic rings. The van der Waals surface area contributed by atoms with Gasteiger partial charge in [0, 0.05) is 10.9 Å². The number of fused-ring (bicyclic) bond motifs is 1. The molecule has 0 spiro atoms. The molecule has 1 N–H and O–H groups in total. The summed E-state index contributed by atoms with van der Waals surface area (Å²) in [5.41, 5.74) is 2.87. The van der Waals surface area contributed by atoms with Crippen molar-refractivity contribution in [2.75, 3.05) is 7.11 Å². The Balaban J connectivity index is 1.96. The molecule has 0 amide bonds. The van der Waals surface area contributed by atoms with E-state index in [1.807, 2.05) is 36.4 Å². The highest BCUT2D eigenvalue weighted by atomic mass is 79.9. The number of H-pyrrole nitrogens is 1. The molecule has 0 fully saturated rings. The molecule has 3 aromatic rings. The van der Waals surface area contributed by atoms with Gasteiger partial charge < -0.3 is 9.72 Å². The quantitative estimate of drug-likeness (QED) is 0.750. The third-order valence-corrected chi connectivity index (χ3v) is 4.37. The molecule has 0 bridgehead atoms. The van der Waals surface area contributed by atoms with Gasteiger partial charge in [-0.3, -0.25) is 0 Å². The van der Waals surface area contributed by atoms with Crippen LogP contribution in [0.3, 0.4) is 0 Å². The zero-order valence-corrected chi connectivity index (χ0v) is 13.1. The first kappa shape index (κ1) is 13.5. The van der Waals surface area contributed by atoms with Gasteiger partial charge in [0.25, 0.3) is 0 Å². The summed E-state index contributed by atoms with van der Waals surface area (Å²) in [6.07, 6.45) is 0.708. The molecule has 3 rings (SSSR count). The Morgan fingerprint density at radius 1 is 1.30 bits per heavy atom. The predicted octanol–water partition coefficient (Wildman–Crippen LogP) is 4.58. The summed E-state index contributed by atoms with van der Waals surface area (Å²) < 4.78 is 6.08.